The summed E-state index contributed by atoms with van der Waals surface area (Å²) in [6.45, 7) is 18.4. The highest BCUT2D eigenvalue weighted by molar-refractivity contribution is 6.74. The second-order valence-electron chi connectivity index (χ2n) is 8.36. The molecular weight excluding hydrogens is 328 g/mol. The first kappa shape index (κ1) is 22.1. The van der Waals surface area contributed by atoms with Crippen LogP contribution in [0, 0.1) is 11.8 Å². The molecule has 1 rings (SSSR count). The number of rotatable bonds is 10. The van der Waals surface area contributed by atoms with Crippen molar-refractivity contribution in [3.63, 3.8) is 0 Å². The van der Waals surface area contributed by atoms with Gasteiger partial charge in [0.2, 0.25) is 0 Å². The van der Waals surface area contributed by atoms with Gasteiger partial charge in [0, 0.05) is 5.92 Å². The lowest BCUT2D eigenvalue weighted by molar-refractivity contribution is 0.0173. The highest BCUT2D eigenvalue weighted by Crippen LogP contribution is 2.38. The summed E-state index contributed by atoms with van der Waals surface area (Å²) >= 11 is 0. The quantitative estimate of drug-likeness (QED) is 0.468. The minimum absolute atomic E-state index is 0.0245. The molecule has 0 saturated heterocycles. The van der Waals surface area contributed by atoms with Crippen molar-refractivity contribution in [2.75, 3.05) is 13.2 Å². The maximum Gasteiger partial charge on any atom is 0.192 e. The van der Waals surface area contributed by atoms with E-state index < -0.39 is 8.32 Å². The largest absolute Gasteiger partial charge is 0.411 e. The summed E-state index contributed by atoms with van der Waals surface area (Å²) in [5.74, 6) is 0.290. The van der Waals surface area contributed by atoms with E-state index in [1.165, 1.54) is 0 Å². The molecule has 0 fully saturated rings. The van der Waals surface area contributed by atoms with Gasteiger partial charge in [-0.05, 0) is 29.6 Å². The van der Waals surface area contributed by atoms with Gasteiger partial charge in [-0.3, -0.25) is 0 Å². The summed E-state index contributed by atoms with van der Waals surface area (Å²) in [6, 6.07) is 10.2. The molecule has 0 aromatic heterocycles. The molecule has 0 bridgehead atoms. The Bertz CT molecular complexity index is 508. The lowest BCUT2D eigenvalue weighted by atomic mass is 9.90. The summed E-state index contributed by atoms with van der Waals surface area (Å²) in [5.41, 5.74) is 1.16. The zero-order valence-electron chi connectivity index (χ0n) is 16.8. The van der Waals surface area contributed by atoms with Crippen LogP contribution in [0.2, 0.25) is 18.1 Å². The molecule has 0 heterocycles. The fourth-order valence-electron chi connectivity index (χ4n) is 2.46. The molecule has 142 valence electrons. The Labute approximate surface area is 155 Å². The maximum atomic E-state index is 9.90. The zero-order chi connectivity index (χ0) is 19.1. The predicted octanol–water partition coefficient (Wildman–Crippen LogP) is 5.02. The average molecular weight is 365 g/mol. The van der Waals surface area contributed by atoms with Crippen molar-refractivity contribution in [1.29, 1.82) is 0 Å². The van der Waals surface area contributed by atoms with E-state index in [2.05, 4.69) is 59.5 Å². The molecule has 0 spiro atoms. The first-order valence-corrected chi connectivity index (χ1v) is 12.1. The first-order valence-electron chi connectivity index (χ1n) is 9.15. The summed E-state index contributed by atoms with van der Waals surface area (Å²) in [7, 11) is -1.93. The minimum atomic E-state index is -1.93. The third-order valence-corrected chi connectivity index (χ3v) is 9.92. The van der Waals surface area contributed by atoms with E-state index >= 15 is 0 Å². The van der Waals surface area contributed by atoms with E-state index in [-0.39, 0.29) is 29.6 Å². The van der Waals surface area contributed by atoms with Gasteiger partial charge in [-0.1, -0.05) is 64.1 Å². The zero-order valence-corrected chi connectivity index (χ0v) is 17.8. The molecule has 25 heavy (non-hydrogen) atoms. The summed E-state index contributed by atoms with van der Waals surface area (Å²) in [6.07, 6.45) is 1.73. The number of hydrogen-bond donors (Lipinski definition) is 1. The van der Waals surface area contributed by atoms with E-state index in [1.807, 2.05) is 24.3 Å². The Hall–Kier alpha value is -0.943. The Morgan fingerprint density at radius 1 is 1.20 bits per heavy atom. The third-order valence-electron chi connectivity index (χ3n) is 5.42. The molecule has 0 radical (unpaired) electrons. The Morgan fingerprint density at radius 3 is 2.28 bits per heavy atom. The molecule has 3 nitrogen and oxygen atoms in total. The summed E-state index contributed by atoms with van der Waals surface area (Å²) in [4.78, 5) is 0. The van der Waals surface area contributed by atoms with E-state index in [0.717, 1.165) is 5.56 Å². The summed E-state index contributed by atoms with van der Waals surface area (Å²) in [5, 5.41) is 10.0. The molecular formula is C21H36O3Si. The number of aliphatic hydroxyl groups excluding tert-OH is 1. The van der Waals surface area contributed by atoms with E-state index in [0.29, 0.717) is 13.2 Å². The predicted molar refractivity (Wildman–Crippen MR) is 108 cm³/mol. The highest BCUT2D eigenvalue weighted by Gasteiger charge is 2.40. The van der Waals surface area contributed by atoms with E-state index in [9.17, 15) is 5.11 Å². The molecule has 0 aliphatic rings. The molecule has 3 atom stereocenters. The third kappa shape index (κ3) is 6.70. The molecule has 0 saturated carbocycles. The van der Waals surface area contributed by atoms with Crippen LogP contribution in [0.5, 0.6) is 0 Å². The number of ether oxygens (including phenoxy) is 1. The van der Waals surface area contributed by atoms with Crippen LogP contribution in [0.25, 0.3) is 0 Å². The van der Waals surface area contributed by atoms with Crippen molar-refractivity contribution in [3.8, 4) is 0 Å². The fraction of sp³-hybridized carbons (Fsp3) is 0.619. The van der Waals surface area contributed by atoms with E-state index in [4.69, 9.17) is 9.16 Å². The Kier molecular flexibility index (Phi) is 8.55. The van der Waals surface area contributed by atoms with Gasteiger partial charge in [0.25, 0.3) is 0 Å². The van der Waals surface area contributed by atoms with Crippen molar-refractivity contribution in [2.45, 2.75) is 58.5 Å². The summed E-state index contributed by atoms with van der Waals surface area (Å²) < 4.78 is 12.3. The number of benzene rings is 1. The highest BCUT2D eigenvalue weighted by atomic mass is 28.4. The standard InChI is InChI=1S/C21H36O3Si/c1-8-19(16-23-15-18-12-10-9-11-13-18)17(2)20(14-22)24-25(6,7)21(3,4)5/h8-13,17,19-20,22H,1,14-16H2,2-7H3/t17-,19+,20+/m1/s1. The molecule has 0 amide bonds. The number of aliphatic hydroxyl groups is 1. The van der Waals surface area contributed by atoms with Gasteiger partial charge in [0.15, 0.2) is 8.32 Å². The van der Waals surface area contributed by atoms with Crippen LogP contribution in [0.4, 0.5) is 0 Å². The van der Waals surface area contributed by atoms with Gasteiger partial charge >= 0.3 is 0 Å². The SMILES string of the molecule is C=C[C@@H](COCc1ccccc1)[C@@H](C)[C@H](CO)O[Si](C)(C)C(C)(C)C. The van der Waals surface area contributed by atoms with Crippen LogP contribution >= 0.6 is 0 Å². The first-order chi connectivity index (χ1) is 11.6. The lowest BCUT2D eigenvalue weighted by Crippen LogP contribution is -2.47. The molecule has 0 aliphatic heterocycles. The van der Waals surface area contributed by atoms with Gasteiger partial charge in [-0.25, -0.2) is 0 Å². The van der Waals surface area contributed by atoms with Crippen LogP contribution in [0.3, 0.4) is 0 Å². The van der Waals surface area contributed by atoms with Gasteiger partial charge < -0.3 is 14.3 Å². The molecule has 1 aromatic carbocycles. The second-order valence-corrected chi connectivity index (χ2v) is 13.1. The lowest BCUT2D eigenvalue weighted by Gasteiger charge is -2.41. The van der Waals surface area contributed by atoms with Crippen LogP contribution in [0.1, 0.15) is 33.3 Å². The van der Waals surface area contributed by atoms with Gasteiger partial charge in [0.05, 0.1) is 25.9 Å². The molecule has 1 N–H and O–H groups in total. The van der Waals surface area contributed by atoms with Gasteiger partial charge in [-0.2, -0.15) is 0 Å². The molecule has 0 aliphatic carbocycles. The van der Waals surface area contributed by atoms with Crippen LogP contribution < -0.4 is 0 Å². The number of hydrogen-bond acceptors (Lipinski definition) is 3. The Morgan fingerprint density at radius 2 is 1.80 bits per heavy atom. The van der Waals surface area contributed by atoms with Gasteiger partial charge in [0.1, 0.15) is 0 Å². The van der Waals surface area contributed by atoms with Crippen molar-refractivity contribution in [1.82, 2.24) is 0 Å². The van der Waals surface area contributed by atoms with Crippen molar-refractivity contribution < 1.29 is 14.3 Å². The molecule has 0 unspecified atom stereocenters. The monoisotopic (exact) mass is 364 g/mol. The van der Waals surface area contributed by atoms with Crippen LogP contribution in [0.15, 0.2) is 43.0 Å². The average Bonchev–Trinajstić information content (AvgIpc) is 2.56. The molecule has 4 heteroatoms. The Balaban J connectivity index is 2.65. The van der Waals surface area contributed by atoms with Crippen LogP contribution in [-0.2, 0) is 15.8 Å². The minimum Gasteiger partial charge on any atom is -0.411 e. The van der Waals surface area contributed by atoms with Crippen molar-refractivity contribution in [2.24, 2.45) is 11.8 Å². The maximum absolute atomic E-state index is 9.90. The molecule has 1 aromatic rings. The van der Waals surface area contributed by atoms with Crippen LogP contribution in [-0.4, -0.2) is 32.7 Å². The van der Waals surface area contributed by atoms with Crippen molar-refractivity contribution >= 4 is 8.32 Å². The smallest absolute Gasteiger partial charge is 0.192 e. The fourth-order valence-corrected chi connectivity index (χ4v) is 3.86. The van der Waals surface area contributed by atoms with Gasteiger partial charge in [-0.15, -0.1) is 6.58 Å². The van der Waals surface area contributed by atoms with E-state index in [1.54, 1.807) is 0 Å². The topological polar surface area (TPSA) is 38.7 Å². The second kappa shape index (κ2) is 9.67. The normalized spacial score (nSPS) is 16.3. The van der Waals surface area contributed by atoms with Crippen molar-refractivity contribution in [3.05, 3.63) is 48.6 Å².